The standard InChI is InChI=1S/C34H41FN2O6/c1-21-32-30(12-9-26-8-7-23(19-36-26)22-4-2-5-25(35)16-22)29-11-10-27(17-24(29)18-31(32)33(38)43-21)37-34(39)42-15-14-41-28-6-3-13-40-20-28/h2,4-5,7-9,12,16,19,21,24,27-32H,3,6,10-11,13-15,17-18,20H2,1H3,(H,37,39)/b12-9+/t21-,24+,27-,28?,29-,30+,31-,32+/m1/s1. The van der Waals surface area contributed by atoms with Crippen LogP contribution in [0.4, 0.5) is 9.18 Å². The minimum Gasteiger partial charge on any atom is -0.462 e. The molecule has 0 radical (unpaired) electrons. The molecule has 0 spiro atoms. The number of pyridine rings is 1. The van der Waals surface area contributed by atoms with Gasteiger partial charge in [-0.05, 0) is 93.0 Å². The number of rotatable bonds is 8. The Kier molecular flexibility index (Phi) is 9.38. The van der Waals surface area contributed by atoms with Crippen molar-refractivity contribution in [3.8, 4) is 11.1 Å². The van der Waals surface area contributed by atoms with E-state index >= 15 is 0 Å². The van der Waals surface area contributed by atoms with Gasteiger partial charge in [-0.25, -0.2) is 9.18 Å². The van der Waals surface area contributed by atoms with Crippen LogP contribution in [-0.2, 0) is 23.7 Å². The summed E-state index contributed by atoms with van der Waals surface area (Å²) in [4.78, 5) is 30.0. The highest BCUT2D eigenvalue weighted by Crippen LogP contribution is 2.53. The van der Waals surface area contributed by atoms with Gasteiger partial charge in [-0.15, -0.1) is 0 Å². The number of amides is 1. The lowest BCUT2D eigenvalue weighted by atomic mass is 9.57. The molecule has 43 heavy (non-hydrogen) atoms. The van der Waals surface area contributed by atoms with Crippen LogP contribution >= 0.6 is 0 Å². The molecule has 1 amide bonds. The van der Waals surface area contributed by atoms with Crippen LogP contribution in [0.2, 0.25) is 0 Å². The summed E-state index contributed by atoms with van der Waals surface area (Å²) in [6.07, 6.45) is 10.9. The summed E-state index contributed by atoms with van der Waals surface area (Å²) in [5.41, 5.74) is 2.46. The Hall–Kier alpha value is -3.30. The summed E-state index contributed by atoms with van der Waals surface area (Å²) in [6, 6.07) is 10.4. The van der Waals surface area contributed by atoms with Crippen LogP contribution in [0, 0.1) is 35.4 Å². The van der Waals surface area contributed by atoms with Gasteiger partial charge in [-0.3, -0.25) is 9.78 Å². The van der Waals surface area contributed by atoms with Crippen molar-refractivity contribution in [3.05, 3.63) is 60.2 Å². The third-order valence-electron chi connectivity index (χ3n) is 9.69. The molecule has 1 aromatic heterocycles. The number of hydrogen-bond donors (Lipinski definition) is 1. The third-order valence-corrected chi connectivity index (χ3v) is 9.69. The van der Waals surface area contributed by atoms with Gasteiger partial charge in [0.1, 0.15) is 18.5 Å². The minimum absolute atomic E-state index is 0.00877. The number of carbonyl (C=O) groups excluding carboxylic acids is 2. The molecule has 4 fully saturated rings. The molecule has 0 bridgehead atoms. The van der Waals surface area contributed by atoms with Gasteiger partial charge in [-0.1, -0.05) is 24.3 Å². The predicted octanol–water partition coefficient (Wildman–Crippen LogP) is 5.81. The molecule has 1 N–H and O–H groups in total. The smallest absolute Gasteiger partial charge is 0.407 e. The quantitative estimate of drug-likeness (QED) is 0.306. The predicted molar refractivity (Wildman–Crippen MR) is 158 cm³/mol. The number of cyclic esters (lactones) is 1. The van der Waals surface area contributed by atoms with Crippen LogP contribution in [0.5, 0.6) is 0 Å². The number of hydrogen-bond acceptors (Lipinski definition) is 7. The van der Waals surface area contributed by atoms with Crippen LogP contribution in [0.1, 0.15) is 51.1 Å². The maximum absolute atomic E-state index is 13.7. The van der Waals surface area contributed by atoms with E-state index in [1.54, 1.807) is 12.3 Å². The summed E-state index contributed by atoms with van der Waals surface area (Å²) >= 11 is 0. The fourth-order valence-electron chi connectivity index (χ4n) is 7.70. The number of allylic oxidation sites excluding steroid dienone is 1. The van der Waals surface area contributed by atoms with Gasteiger partial charge in [0.25, 0.3) is 0 Å². The molecule has 2 aromatic rings. The van der Waals surface area contributed by atoms with Crippen molar-refractivity contribution >= 4 is 18.1 Å². The maximum Gasteiger partial charge on any atom is 0.407 e. The zero-order chi connectivity index (χ0) is 29.8. The summed E-state index contributed by atoms with van der Waals surface area (Å²) in [5.74, 6) is 0.462. The van der Waals surface area contributed by atoms with Crippen molar-refractivity contribution in [3.63, 3.8) is 0 Å². The van der Waals surface area contributed by atoms with Crippen LogP contribution < -0.4 is 5.32 Å². The number of fused-ring (bicyclic) bond motifs is 2. The van der Waals surface area contributed by atoms with Crippen molar-refractivity contribution in [2.75, 3.05) is 26.4 Å². The lowest BCUT2D eigenvalue weighted by Crippen LogP contribution is -2.48. The Balaban J connectivity index is 1.07. The normalized spacial score (nSPS) is 32.1. The first-order valence-electron chi connectivity index (χ1n) is 15.7. The molecular formula is C34H41FN2O6. The van der Waals surface area contributed by atoms with E-state index in [1.165, 1.54) is 12.1 Å². The molecule has 8 atom stereocenters. The minimum atomic E-state index is -0.418. The average Bonchev–Trinajstić information content (AvgIpc) is 3.30. The van der Waals surface area contributed by atoms with Crippen molar-refractivity contribution in [2.24, 2.45) is 29.6 Å². The third kappa shape index (κ3) is 7.10. The molecule has 1 aromatic carbocycles. The molecule has 9 heteroatoms. The van der Waals surface area contributed by atoms with E-state index in [4.69, 9.17) is 18.9 Å². The van der Waals surface area contributed by atoms with E-state index in [9.17, 15) is 14.0 Å². The molecule has 2 aliphatic heterocycles. The summed E-state index contributed by atoms with van der Waals surface area (Å²) in [7, 11) is 0. The number of ether oxygens (including phenoxy) is 4. The van der Waals surface area contributed by atoms with Crippen molar-refractivity contribution in [2.45, 2.75) is 63.7 Å². The number of benzene rings is 1. The number of halogens is 1. The van der Waals surface area contributed by atoms with Crippen LogP contribution in [-0.4, -0.2) is 61.7 Å². The topological polar surface area (TPSA) is 96.0 Å². The molecule has 2 saturated heterocycles. The number of carbonyl (C=O) groups is 2. The Morgan fingerprint density at radius 1 is 1.14 bits per heavy atom. The Morgan fingerprint density at radius 2 is 2.05 bits per heavy atom. The highest BCUT2D eigenvalue weighted by atomic mass is 19.1. The molecule has 1 unspecified atom stereocenters. The highest BCUT2D eigenvalue weighted by Gasteiger charge is 2.54. The highest BCUT2D eigenvalue weighted by molar-refractivity contribution is 5.75. The second-order valence-electron chi connectivity index (χ2n) is 12.4. The average molecular weight is 593 g/mol. The van der Waals surface area contributed by atoms with E-state index in [1.807, 2.05) is 31.2 Å². The molecule has 2 saturated carbocycles. The summed E-state index contributed by atoms with van der Waals surface area (Å²) in [6.45, 7) is 3.95. The number of nitrogens with zero attached hydrogens (tertiary/aromatic N) is 1. The monoisotopic (exact) mass is 592 g/mol. The summed E-state index contributed by atoms with van der Waals surface area (Å²) < 4.78 is 36.0. The number of nitrogens with one attached hydrogen (secondary N) is 1. The Labute approximate surface area is 252 Å². The Morgan fingerprint density at radius 3 is 2.84 bits per heavy atom. The molecule has 230 valence electrons. The van der Waals surface area contributed by atoms with Gasteiger partial charge in [0.15, 0.2) is 0 Å². The van der Waals surface area contributed by atoms with Gasteiger partial charge in [0.05, 0.1) is 30.9 Å². The van der Waals surface area contributed by atoms with Crippen LogP contribution in [0.25, 0.3) is 17.2 Å². The largest absolute Gasteiger partial charge is 0.462 e. The number of alkyl carbamates (subject to hydrolysis) is 1. The van der Waals surface area contributed by atoms with E-state index in [2.05, 4.69) is 16.4 Å². The SMILES string of the molecule is C[C@H]1OC(=O)[C@@H]2C[C@@H]3C[C@H](NC(=O)OCCOC4CCCOC4)CC[C@H]3[C@H](/C=C/c3ccc(-c4cccc(F)c4)cn3)[C@H]12. The second-order valence-corrected chi connectivity index (χ2v) is 12.4. The first kappa shape index (κ1) is 29.8. The summed E-state index contributed by atoms with van der Waals surface area (Å²) in [5, 5.41) is 3.06. The van der Waals surface area contributed by atoms with Crippen LogP contribution in [0.3, 0.4) is 0 Å². The van der Waals surface area contributed by atoms with E-state index in [0.29, 0.717) is 25.0 Å². The fraction of sp³-hybridized carbons (Fsp3) is 0.559. The van der Waals surface area contributed by atoms with Crippen LogP contribution in [0.15, 0.2) is 48.7 Å². The molecule has 4 aliphatic rings. The zero-order valence-electron chi connectivity index (χ0n) is 24.7. The lowest BCUT2D eigenvalue weighted by Gasteiger charge is -2.47. The Bertz CT molecular complexity index is 1300. The van der Waals surface area contributed by atoms with E-state index in [-0.39, 0.29) is 54.4 Å². The van der Waals surface area contributed by atoms with E-state index < -0.39 is 6.09 Å². The van der Waals surface area contributed by atoms with Crippen molar-refractivity contribution in [1.82, 2.24) is 10.3 Å². The number of aromatic nitrogens is 1. The first-order chi connectivity index (χ1) is 20.9. The molecule has 8 nitrogen and oxygen atoms in total. The van der Waals surface area contributed by atoms with Gasteiger partial charge in [0, 0.05) is 30.3 Å². The zero-order valence-corrected chi connectivity index (χ0v) is 24.7. The fourth-order valence-corrected chi connectivity index (χ4v) is 7.70. The van der Waals surface area contributed by atoms with Gasteiger partial charge < -0.3 is 24.3 Å². The van der Waals surface area contributed by atoms with Gasteiger partial charge in [0.2, 0.25) is 0 Å². The van der Waals surface area contributed by atoms with E-state index in [0.717, 1.165) is 62.0 Å². The number of esters is 1. The molecule has 6 rings (SSSR count). The van der Waals surface area contributed by atoms with Crippen molar-refractivity contribution in [1.29, 1.82) is 0 Å². The second kappa shape index (κ2) is 13.6. The van der Waals surface area contributed by atoms with Crippen molar-refractivity contribution < 1.29 is 32.9 Å². The maximum atomic E-state index is 13.7. The lowest BCUT2D eigenvalue weighted by molar-refractivity contribution is -0.144. The molecule has 2 aliphatic carbocycles. The van der Waals surface area contributed by atoms with Gasteiger partial charge >= 0.3 is 12.1 Å². The van der Waals surface area contributed by atoms with Gasteiger partial charge in [-0.2, -0.15) is 0 Å². The molecular weight excluding hydrogens is 551 g/mol. The molecule has 3 heterocycles. The first-order valence-corrected chi connectivity index (χ1v) is 15.7.